The van der Waals surface area contributed by atoms with Gasteiger partial charge in [-0.1, -0.05) is 5.16 Å². The van der Waals surface area contributed by atoms with Gasteiger partial charge in [0.05, 0.1) is 19.9 Å². The number of hydrogen-bond acceptors (Lipinski definition) is 5. The van der Waals surface area contributed by atoms with Crippen LogP contribution in [0.2, 0.25) is 0 Å². The van der Waals surface area contributed by atoms with Gasteiger partial charge in [0.15, 0.2) is 11.5 Å². The van der Waals surface area contributed by atoms with Crippen molar-refractivity contribution in [2.45, 2.75) is 27.3 Å². The number of nitrogens with one attached hydrogen (secondary N) is 1. The molecule has 0 aliphatic heterocycles. The van der Waals surface area contributed by atoms with E-state index >= 15 is 0 Å². The molecule has 0 atom stereocenters. The van der Waals surface area contributed by atoms with Crippen molar-refractivity contribution in [3.05, 3.63) is 34.7 Å². The minimum absolute atomic E-state index is 0.664. The third-order valence-electron chi connectivity index (χ3n) is 3.37. The Morgan fingerprint density at radius 1 is 1.10 bits per heavy atom. The van der Waals surface area contributed by atoms with Crippen LogP contribution in [0.15, 0.2) is 16.7 Å². The van der Waals surface area contributed by atoms with Gasteiger partial charge in [-0.2, -0.15) is 0 Å². The first-order valence-electron chi connectivity index (χ1n) is 6.45. The molecule has 0 fully saturated rings. The first kappa shape index (κ1) is 14.2. The Kier molecular flexibility index (Phi) is 4.17. The number of rotatable bonds is 5. The van der Waals surface area contributed by atoms with Crippen LogP contribution in [-0.4, -0.2) is 19.4 Å². The zero-order valence-corrected chi connectivity index (χ0v) is 12.5. The summed E-state index contributed by atoms with van der Waals surface area (Å²) in [5.41, 5.74) is 4.09. The van der Waals surface area contributed by atoms with Gasteiger partial charge in [-0.15, -0.1) is 0 Å². The lowest BCUT2D eigenvalue weighted by Gasteiger charge is -2.14. The van der Waals surface area contributed by atoms with E-state index in [1.165, 1.54) is 0 Å². The average Bonchev–Trinajstić information content (AvgIpc) is 2.76. The van der Waals surface area contributed by atoms with Crippen molar-refractivity contribution in [1.29, 1.82) is 0 Å². The molecule has 108 valence electrons. The molecule has 20 heavy (non-hydrogen) atoms. The zero-order chi connectivity index (χ0) is 14.7. The number of ether oxygens (including phenoxy) is 2. The van der Waals surface area contributed by atoms with Crippen LogP contribution in [-0.2, 0) is 6.54 Å². The molecular weight excluding hydrogens is 256 g/mol. The van der Waals surface area contributed by atoms with Crippen LogP contribution in [0.5, 0.6) is 11.5 Å². The number of nitrogens with zero attached hydrogens (tertiary/aromatic N) is 1. The number of hydrogen-bond donors (Lipinski definition) is 1. The molecule has 0 spiro atoms. The van der Waals surface area contributed by atoms with Gasteiger partial charge < -0.3 is 19.3 Å². The van der Waals surface area contributed by atoms with Crippen LogP contribution in [0, 0.1) is 20.8 Å². The Morgan fingerprint density at radius 2 is 1.75 bits per heavy atom. The Labute approximate surface area is 118 Å². The smallest absolute Gasteiger partial charge is 0.162 e. The van der Waals surface area contributed by atoms with Crippen LogP contribution in [0.4, 0.5) is 5.69 Å². The Balaban J connectivity index is 2.21. The summed E-state index contributed by atoms with van der Waals surface area (Å²) in [7, 11) is 3.26. The van der Waals surface area contributed by atoms with Crippen molar-refractivity contribution in [2.24, 2.45) is 0 Å². The van der Waals surface area contributed by atoms with Crippen molar-refractivity contribution >= 4 is 5.69 Å². The van der Waals surface area contributed by atoms with Crippen LogP contribution in [0.3, 0.4) is 0 Å². The monoisotopic (exact) mass is 276 g/mol. The SMILES string of the molecule is COc1cc(C)c(NCc2c(C)noc2C)cc1OC. The van der Waals surface area contributed by atoms with Crippen molar-refractivity contribution in [1.82, 2.24) is 5.16 Å². The highest BCUT2D eigenvalue weighted by molar-refractivity contribution is 5.60. The van der Waals surface area contributed by atoms with Crippen molar-refractivity contribution in [3.8, 4) is 11.5 Å². The zero-order valence-electron chi connectivity index (χ0n) is 12.5. The number of aromatic nitrogens is 1. The van der Waals surface area contributed by atoms with Gasteiger partial charge in [0.1, 0.15) is 5.76 Å². The van der Waals surface area contributed by atoms with Crippen molar-refractivity contribution in [2.75, 3.05) is 19.5 Å². The van der Waals surface area contributed by atoms with Crippen LogP contribution in [0.25, 0.3) is 0 Å². The molecule has 5 heteroatoms. The van der Waals surface area contributed by atoms with Crippen LogP contribution >= 0.6 is 0 Å². The van der Waals surface area contributed by atoms with Gasteiger partial charge in [0.25, 0.3) is 0 Å². The molecule has 0 aliphatic rings. The van der Waals surface area contributed by atoms with Gasteiger partial charge in [0, 0.05) is 23.9 Å². The first-order chi connectivity index (χ1) is 9.56. The summed E-state index contributed by atoms with van der Waals surface area (Å²) in [6.45, 7) is 6.54. The molecular formula is C15H20N2O3. The fraction of sp³-hybridized carbons (Fsp3) is 0.400. The summed E-state index contributed by atoms with van der Waals surface area (Å²) in [6, 6.07) is 3.89. The van der Waals surface area contributed by atoms with Gasteiger partial charge in [-0.05, 0) is 32.4 Å². The van der Waals surface area contributed by atoms with E-state index in [4.69, 9.17) is 14.0 Å². The van der Waals surface area contributed by atoms with Crippen LogP contribution < -0.4 is 14.8 Å². The molecule has 0 unspecified atom stereocenters. The van der Waals surface area contributed by atoms with Crippen LogP contribution in [0.1, 0.15) is 22.6 Å². The highest BCUT2D eigenvalue weighted by Gasteiger charge is 2.11. The Hall–Kier alpha value is -2.17. The molecule has 1 aromatic heterocycles. The molecule has 0 bridgehead atoms. The molecule has 0 radical (unpaired) electrons. The van der Waals surface area contributed by atoms with Crippen molar-refractivity contribution in [3.63, 3.8) is 0 Å². The van der Waals surface area contributed by atoms with E-state index in [-0.39, 0.29) is 0 Å². The predicted octanol–water partition coefficient (Wildman–Crippen LogP) is 3.23. The average molecular weight is 276 g/mol. The standard InChI is InChI=1S/C15H20N2O3/c1-9-6-14(18-4)15(19-5)7-13(9)16-8-12-10(2)17-20-11(12)3/h6-7,16H,8H2,1-5H3. The largest absolute Gasteiger partial charge is 0.493 e. The number of anilines is 1. The second kappa shape index (κ2) is 5.86. The van der Waals surface area contributed by atoms with E-state index in [9.17, 15) is 0 Å². The van der Waals surface area contributed by atoms with E-state index in [1.54, 1.807) is 14.2 Å². The van der Waals surface area contributed by atoms with Gasteiger partial charge in [-0.3, -0.25) is 0 Å². The summed E-state index contributed by atoms with van der Waals surface area (Å²) in [4.78, 5) is 0. The first-order valence-corrected chi connectivity index (χ1v) is 6.45. The topological polar surface area (TPSA) is 56.5 Å². The van der Waals surface area contributed by atoms with E-state index < -0.39 is 0 Å². The summed E-state index contributed by atoms with van der Waals surface area (Å²) in [5.74, 6) is 2.28. The lowest BCUT2D eigenvalue weighted by atomic mass is 10.1. The maximum atomic E-state index is 5.32. The summed E-state index contributed by atoms with van der Waals surface area (Å²) < 4.78 is 15.8. The van der Waals surface area contributed by atoms with E-state index in [0.717, 1.165) is 34.0 Å². The molecule has 0 amide bonds. The van der Waals surface area contributed by atoms with Gasteiger partial charge >= 0.3 is 0 Å². The molecule has 2 aromatic rings. The molecule has 1 N–H and O–H groups in total. The van der Waals surface area contributed by atoms with Crippen molar-refractivity contribution < 1.29 is 14.0 Å². The highest BCUT2D eigenvalue weighted by Crippen LogP contribution is 2.33. The Morgan fingerprint density at radius 3 is 2.30 bits per heavy atom. The summed E-state index contributed by atoms with van der Waals surface area (Å²) >= 11 is 0. The quantitative estimate of drug-likeness (QED) is 0.908. The van der Waals surface area contributed by atoms with E-state index in [2.05, 4.69) is 10.5 Å². The molecule has 0 saturated heterocycles. The fourth-order valence-corrected chi connectivity index (χ4v) is 2.11. The van der Waals surface area contributed by atoms with Gasteiger partial charge in [0.2, 0.25) is 0 Å². The third kappa shape index (κ3) is 2.71. The number of aryl methyl sites for hydroxylation is 3. The normalized spacial score (nSPS) is 10.4. The number of benzene rings is 1. The minimum Gasteiger partial charge on any atom is -0.493 e. The second-order valence-corrected chi connectivity index (χ2v) is 4.68. The molecule has 5 nitrogen and oxygen atoms in total. The fourth-order valence-electron chi connectivity index (χ4n) is 2.11. The van der Waals surface area contributed by atoms with Gasteiger partial charge in [-0.25, -0.2) is 0 Å². The maximum absolute atomic E-state index is 5.32. The number of methoxy groups -OCH3 is 2. The third-order valence-corrected chi connectivity index (χ3v) is 3.37. The Bertz CT molecular complexity index is 586. The lowest BCUT2D eigenvalue weighted by Crippen LogP contribution is -2.04. The second-order valence-electron chi connectivity index (χ2n) is 4.68. The molecule has 2 rings (SSSR count). The lowest BCUT2D eigenvalue weighted by molar-refractivity contribution is 0.355. The van der Waals surface area contributed by atoms with E-state index in [1.807, 2.05) is 32.9 Å². The molecule has 1 heterocycles. The van der Waals surface area contributed by atoms with E-state index in [0.29, 0.717) is 12.3 Å². The molecule has 1 aromatic carbocycles. The summed E-state index contributed by atoms with van der Waals surface area (Å²) in [6.07, 6.45) is 0. The molecule has 0 saturated carbocycles. The maximum Gasteiger partial charge on any atom is 0.162 e. The highest BCUT2D eigenvalue weighted by atomic mass is 16.5. The minimum atomic E-state index is 0.664. The molecule has 0 aliphatic carbocycles. The summed E-state index contributed by atoms with van der Waals surface area (Å²) in [5, 5.41) is 7.34. The predicted molar refractivity (Wildman–Crippen MR) is 77.6 cm³/mol.